The van der Waals surface area contributed by atoms with Crippen molar-refractivity contribution in [1.29, 1.82) is 0 Å². The molecule has 0 fully saturated rings. The molecule has 1 amide bonds. The summed E-state index contributed by atoms with van der Waals surface area (Å²) in [6.07, 6.45) is 0. The Labute approximate surface area is 169 Å². The van der Waals surface area contributed by atoms with Gasteiger partial charge in [-0.25, -0.2) is 0 Å². The van der Waals surface area contributed by atoms with Crippen molar-refractivity contribution in [2.75, 3.05) is 25.5 Å². The van der Waals surface area contributed by atoms with Gasteiger partial charge in [-0.1, -0.05) is 24.3 Å². The fourth-order valence-corrected chi connectivity index (χ4v) is 4.15. The minimum absolute atomic E-state index is 0.100. The summed E-state index contributed by atoms with van der Waals surface area (Å²) >= 11 is 0. The van der Waals surface area contributed by atoms with Crippen LogP contribution in [0.15, 0.2) is 51.8 Å². The van der Waals surface area contributed by atoms with E-state index in [1.807, 2.05) is 26.0 Å². The highest BCUT2D eigenvalue weighted by Crippen LogP contribution is 2.26. The van der Waals surface area contributed by atoms with Gasteiger partial charge in [-0.05, 0) is 43.2 Å². The largest absolute Gasteiger partial charge is 0.454 e. The number of amidine groups is 1. The van der Waals surface area contributed by atoms with Crippen molar-refractivity contribution in [3.63, 3.8) is 0 Å². The molecule has 1 heterocycles. The Kier molecular flexibility index (Phi) is 5.69. The van der Waals surface area contributed by atoms with Crippen molar-refractivity contribution >= 4 is 33.4 Å². The maximum Gasteiger partial charge on any atom is 0.326 e. The van der Waals surface area contributed by atoms with Crippen LogP contribution in [0.3, 0.4) is 0 Å². The quantitative estimate of drug-likeness (QED) is 0.748. The summed E-state index contributed by atoms with van der Waals surface area (Å²) < 4.78 is 33.0. The van der Waals surface area contributed by atoms with Gasteiger partial charge in [0.05, 0.1) is 0 Å². The number of carbonyl (C=O) groups excluding carboxylic acids is 2. The summed E-state index contributed by atoms with van der Waals surface area (Å²) in [7, 11) is -2.24. The molecule has 152 valence electrons. The Hall–Kier alpha value is -3.20. The third-order valence-corrected chi connectivity index (χ3v) is 5.91. The number of rotatable bonds is 5. The predicted molar refractivity (Wildman–Crippen MR) is 108 cm³/mol. The van der Waals surface area contributed by atoms with Gasteiger partial charge in [0.25, 0.3) is 15.9 Å². The third-order valence-electron chi connectivity index (χ3n) is 4.58. The van der Waals surface area contributed by atoms with Crippen molar-refractivity contribution in [2.24, 2.45) is 4.40 Å². The maximum absolute atomic E-state index is 12.1. The zero-order valence-electron chi connectivity index (χ0n) is 16.3. The van der Waals surface area contributed by atoms with Gasteiger partial charge in [-0.2, -0.15) is 8.42 Å². The summed E-state index contributed by atoms with van der Waals surface area (Å²) in [6.45, 7) is 3.13. The van der Waals surface area contributed by atoms with Gasteiger partial charge in [0.15, 0.2) is 12.4 Å². The molecule has 2 aromatic carbocycles. The van der Waals surface area contributed by atoms with E-state index in [1.165, 1.54) is 18.0 Å². The van der Waals surface area contributed by atoms with Crippen LogP contribution in [0.4, 0.5) is 5.69 Å². The van der Waals surface area contributed by atoms with Crippen LogP contribution in [0.25, 0.3) is 0 Å². The van der Waals surface area contributed by atoms with Crippen molar-refractivity contribution in [2.45, 2.75) is 18.7 Å². The molecule has 0 spiro atoms. The van der Waals surface area contributed by atoms with Crippen molar-refractivity contribution in [1.82, 2.24) is 4.90 Å². The molecule has 8 nitrogen and oxygen atoms in total. The number of anilines is 1. The molecule has 0 radical (unpaired) electrons. The lowest BCUT2D eigenvalue weighted by atomic mass is 10.1. The highest BCUT2D eigenvalue weighted by molar-refractivity contribution is 7.90. The lowest BCUT2D eigenvalue weighted by Gasteiger charge is -2.18. The topological polar surface area (TPSA) is 105 Å². The van der Waals surface area contributed by atoms with E-state index in [1.54, 1.807) is 24.3 Å². The number of aryl methyl sites for hydroxylation is 1. The van der Waals surface area contributed by atoms with Gasteiger partial charge in [0.1, 0.15) is 11.4 Å². The Morgan fingerprint density at radius 2 is 1.83 bits per heavy atom. The zero-order chi connectivity index (χ0) is 21.2. The molecular weight excluding hydrogens is 394 g/mol. The van der Waals surface area contributed by atoms with Gasteiger partial charge in [-0.3, -0.25) is 9.59 Å². The van der Waals surface area contributed by atoms with Gasteiger partial charge in [0, 0.05) is 18.3 Å². The first kappa shape index (κ1) is 20.5. The van der Waals surface area contributed by atoms with E-state index in [9.17, 15) is 18.0 Å². The highest BCUT2D eigenvalue weighted by atomic mass is 32.2. The van der Waals surface area contributed by atoms with E-state index >= 15 is 0 Å². The molecule has 9 heteroatoms. The summed E-state index contributed by atoms with van der Waals surface area (Å²) in [5.41, 5.74) is 3.06. The fourth-order valence-electron chi connectivity index (χ4n) is 2.90. The van der Waals surface area contributed by atoms with Crippen molar-refractivity contribution < 1.29 is 22.7 Å². The van der Waals surface area contributed by atoms with E-state index in [4.69, 9.17) is 4.74 Å². The normalized spacial score (nSPS) is 14.0. The number of amides is 1. The Bertz CT molecular complexity index is 1110. The molecular formula is C20H21N3O5S. The molecule has 0 saturated carbocycles. The standard InChI is InChI=1S/C20H21N3O5S/c1-13-7-6-9-16(14(13)2)21-18(24)12-28-19(25)11-23(3)20-15-8-4-5-10-17(15)29(26,27)22-20/h4-10H,11-12H2,1-3H3,(H,21,24). The summed E-state index contributed by atoms with van der Waals surface area (Å²) in [6, 6.07) is 11.9. The zero-order valence-corrected chi connectivity index (χ0v) is 17.1. The molecule has 0 aliphatic carbocycles. The number of benzene rings is 2. The van der Waals surface area contributed by atoms with Gasteiger partial charge in [-0.15, -0.1) is 4.40 Å². The number of sulfonamides is 1. The van der Waals surface area contributed by atoms with E-state index in [0.717, 1.165) is 11.1 Å². The van der Waals surface area contributed by atoms with Crippen LogP contribution in [0.5, 0.6) is 0 Å². The van der Waals surface area contributed by atoms with Crippen LogP contribution in [0.1, 0.15) is 16.7 Å². The average molecular weight is 415 g/mol. The molecule has 3 rings (SSSR count). The van der Waals surface area contributed by atoms with E-state index in [2.05, 4.69) is 9.71 Å². The van der Waals surface area contributed by atoms with E-state index < -0.39 is 28.5 Å². The maximum atomic E-state index is 12.1. The van der Waals surface area contributed by atoms with Crippen molar-refractivity contribution in [3.8, 4) is 0 Å². The van der Waals surface area contributed by atoms with Gasteiger partial charge < -0.3 is 15.0 Å². The van der Waals surface area contributed by atoms with Crippen LogP contribution >= 0.6 is 0 Å². The fraction of sp³-hybridized carbons (Fsp3) is 0.250. The monoisotopic (exact) mass is 415 g/mol. The minimum Gasteiger partial charge on any atom is -0.454 e. The first-order chi connectivity index (χ1) is 13.7. The van der Waals surface area contributed by atoms with E-state index in [0.29, 0.717) is 11.3 Å². The molecule has 1 N–H and O–H groups in total. The number of nitrogens with zero attached hydrogens (tertiary/aromatic N) is 2. The number of fused-ring (bicyclic) bond motifs is 1. The van der Waals surface area contributed by atoms with Crippen LogP contribution < -0.4 is 5.32 Å². The second kappa shape index (κ2) is 8.04. The molecule has 0 aromatic heterocycles. The number of carbonyl (C=O) groups is 2. The number of ether oxygens (including phenoxy) is 1. The van der Waals surface area contributed by atoms with E-state index in [-0.39, 0.29) is 17.3 Å². The first-order valence-corrected chi connectivity index (χ1v) is 10.3. The number of nitrogens with one attached hydrogen (secondary N) is 1. The van der Waals surface area contributed by atoms with Crippen LogP contribution in [0.2, 0.25) is 0 Å². The van der Waals surface area contributed by atoms with Crippen LogP contribution in [-0.4, -0.2) is 51.2 Å². The molecule has 0 saturated heterocycles. The summed E-state index contributed by atoms with van der Waals surface area (Å²) in [5, 5.41) is 2.71. The third kappa shape index (κ3) is 4.45. The molecule has 1 aliphatic heterocycles. The smallest absolute Gasteiger partial charge is 0.326 e. The minimum atomic E-state index is -3.77. The molecule has 2 aromatic rings. The Balaban J connectivity index is 1.57. The van der Waals surface area contributed by atoms with Gasteiger partial charge in [0.2, 0.25) is 0 Å². The number of hydrogen-bond donors (Lipinski definition) is 1. The number of hydrogen-bond acceptors (Lipinski definition) is 6. The second-order valence-electron chi connectivity index (χ2n) is 6.70. The van der Waals surface area contributed by atoms with Crippen molar-refractivity contribution in [3.05, 3.63) is 59.2 Å². The number of likely N-dealkylation sites (N-methyl/N-ethyl adjacent to an activating group) is 1. The predicted octanol–water partition coefficient (Wildman–Crippen LogP) is 1.87. The number of esters is 1. The average Bonchev–Trinajstić information content (AvgIpc) is 2.95. The molecule has 0 atom stereocenters. The first-order valence-electron chi connectivity index (χ1n) is 8.86. The Morgan fingerprint density at radius 1 is 1.10 bits per heavy atom. The molecule has 0 unspecified atom stereocenters. The Morgan fingerprint density at radius 3 is 2.59 bits per heavy atom. The summed E-state index contributed by atoms with van der Waals surface area (Å²) in [4.78, 5) is 25.7. The molecule has 29 heavy (non-hydrogen) atoms. The van der Waals surface area contributed by atoms with Gasteiger partial charge >= 0.3 is 5.97 Å². The van der Waals surface area contributed by atoms with Crippen LogP contribution in [-0.2, 0) is 24.3 Å². The molecule has 0 bridgehead atoms. The van der Waals surface area contributed by atoms with Crippen LogP contribution in [0, 0.1) is 13.8 Å². The summed E-state index contributed by atoms with van der Waals surface area (Å²) in [5.74, 6) is -0.966. The second-order valence-corrected chi connectivity index (χ2v) is 8.27. The SMILES string of the molecule is Cc1cccc(NC(=O)COC(=O)CN(C)C2=NS(=O)(=O)c3ccccc32)c1C. The lowest BCUT2D eigenvalue weighted by molar-refractivity contribution is -0.147. The lowest BCUT2D eigenvalue weighted by Crippen LogP contribution is -2.34. The highest BCUT2D eigenvalue weighted by Gasteiger charge is 2.31. The molecule has 1 aliphatic rings.